The molecule has 2 heterocycles. The lowest BCUT2D eigenvalue weighted by molar-refractivity contribution is -0.123. The first kappa shape index (κ1) is 21.6. The van der Waals surface area contributed by atoms with E-state index in [9.17, 15) is 20.0 Å². The summed E-state index contributed by atoms with van der Waals surface area (Å²) in [7, 11) is 0. The molecule has 0 radical (unpaired) electrons. The highest BCUT2D eigenvalue weighted by Gasteiger charge is 2.57. The molecule has 1 aromatic heterocycles. The van der Waals surface area contributed by atoms with E-state index in [0.717, 1.165) is 12.8 Å². The van der Waals surface area contributed by atoms with Crippen molar-refractivity contribution >= 4 is 29.3 Å². The van der Waals surface area contributed by atoms with Gasteiger partial charge in [-0.2, -0.15) is 10.2 Å². The van der Waals surface area contributed by atoms with Crippen LogP contribution in [0.4, 0.5) is 17.5 Å². The second-order valence-electron chi connectivity index (χ2n) is 8.65. The van der Waals surface area contributed by atoms with Gasteiger partial charge in [0.25, 0.3) is 0 Å². The normalized spacial score (nSPS) is 20.3. The Hall–Kier alpha value is -3.67. The topological polar surface area (TPSA) is 128 Å². The van der Waals surface area contributed by atoms with Crippen molar-refractivity contribution in [2.24, 2.45) is 17.3 Å². The molecule has 0 unspecified atom stereocenters. The van der Waals surface area contributed by atoms with E-state index >= 15 is 0 Å². The summed E-state index contributed by atoms with van der Waals surface area (Å²) in [5, 5.41) is 22.1. The van der Waals surface area contributed by atoms with Gasteiger partial charge in [0.1, 0.15) is 22.5 Å². The number of hydrogen-bond donors (Lipinski definition) is 2. The molecule has 166 valence electrons. The highest BCUT2D eigenvalue weighted by Crippen LogP contribution is 2.51. The Morgan fingerprint density at radius 2 is 2.19 bits per heavy atom. The molecule has 1 aliphatic heterocycles. The predicted octanol–water partition coefficient (Wildman–Crippen LogP) is 3.61. The number of benzene rings is 1. The first-order valence-electron chi connectivity index (χ1n) is 10.7. The molecule has 32 heavy (non-hydrogen) atoms. The van der Waals surface area contributed by atoms with Crippen molar-refractivity contribution in [2.45, 2.75) is 33.1 Å². The Morgan fingerprint density at radius 3 is 2.84 bits per heavy atom. The lowest BCUT2D eigenvalue weighted by Gasteiger charge is -2.20. The van der Waals surface area contributed by atoms with Crippen molar-refractivity contribution in [3.05, 3.63) is 36.0 Å². The summed E-state index contributed by atoms with van der Waals surface area (Å²) in [6.45, 7) is 4.78. The molecule has 4 rings (SSSR count). The van der Waals surface area contributed by atoms with Gasteiger partial charge in [0, 0.05) is 24.5 Å². The van der Waals surface area contributed by atoms with E-state index in [4.69, 9.17) is 4.74 Å². The summed E-state index contributed by atoms with van der Waals surface area (Å²) in [4.78, 5) is 34.8. The number of aromatic carboxylic acids is 1. The van der Waals surface area contributed by atoms with Crippen LogP contribution in [0.25, 0.3) is 0 Å². The number of rotatable bonds is 8. The first-order chi connectivity index (χ1) is 15.3. The highest BCUT2D eigenvalue weighted by molar-refractivity contribution is 6.01. The molecule has 2 N–H and O–H groups in total. The Morgan fingerprint density at radius 1 is 1.41 bits per heavy atom. The number of amides is 1. The molecule has 1 saturated carbocycles. The van der Waals surface area contributed by atoms with E-state index in [1.807, 2.05) is 13.8 Å². The van der Waals surface area contributed by atoms with E-state index in [2.05, 4.69) is 21.4 Å². The third-order valence-corrected chi connectivity index (χ3v) is 5.79. The van der Waals surface area contributed by atoms with Crippen molar-refractivity contribution in [1.29, 1.82) is 5.26 Å². The van der Waals surface area contributed by atoms with Crippen molar-refractivity contribution in [1.82, 2.24) is 9.97 Å². The molecule has 1 aliphatic carbocycles. The second kappa shape index (κ2) is 8.46. The number of hydrogen-bond acceptors (Lipinski definition) is 7. The van der Waals surface area contributed by atoms with E-state index in [-0.39, 0.29) is 35.0 Å². The molecule has 9 heteroatoms. The summed E-state index contributed by atoms with van der Waals surface area (Å²) in [6.07, 6.45) is 3.88. The fourth-order valence-corrected chi connectivity index (χ4v) is 3.95. The van der Waals surface area contributed by atoms with Gasteiger partial charge in [-0.3, -0.25) is 9.69 Å². The van der Waals surface area contributed by atoms with Crippen LogP contribution in [0, 0.1) is 28.6 Å². The summed E-state index contributed by atoms with van der Waals surface area (Å²) in [6, 6.07) is 8.58. The fourth-order valence-electron chi connectivity index (χ4n) is 3.95. The van der Waals surface area contributed by atoms with Gasteiger partial charge in [0.05, 0.1) is 12.7 Å². The molecule has 1 saturated heterocycles. The number of carbonyl (C=O) groups excluding carboxylic acids is 1. The van der Waals surface area contributed by atoms with Crippen LogP contribution in [0.15, 0.2) is 30.5 Å². The van der Waals surface area contributed by atoms with Gasteiger partial charge in [0.2, 0.25) is 11.9 Å². The Labute approximate surface area is 186 Å². The molecule has 2 aliphatic rings. The van der Waals surface area contributed by atoms with Crippen LogP contribution < -0.4 is 15.0 Å². The number of aromatic nitrogens is 2. The third-order valence-electron chi connectivity index (χ3n) is 5.79. The van der Waals surface area contributed by atoms with Gasteiger partial charge in [0.15, 0.2) is 0 Å². The summed E-state index contributed by atoms with van der Waals surface area (Å²) >= 11 is 0. The van der Waals surface area contributed by atoms with E-state index in [1.165, 1.54) is 6.07 Å². The molecule has 1 amide bonds. The molecular weight excluding hydrogens is 410 g/mol. The van der Waals surface area contributed by atoms with Gasteiger partial charge in [-0.15, -0.1) is 0 Å². The third kappa shape index (κ3) is 4.08. The summed E-state index contributed by atoms with van der Waals surface area (Å²) in [5.41, 5.74) is -0.308. The lowest BCUT2D eigenvalue weighted by Crippen LogP contribution is -2.35. The number of carboxylic acid groups (broad SMARTS) is 1. The highest BCUT2D eigenvalue weighted by atomic mass is 16.5. The second-order valence-corrected chi connectivity index (χ2v) is 8.65. The maximum absolute atomic E-state index is 13.0. The van der Waals surface area contributed by atoms with Gasteiger partial charge < -0.3 is 15.2 Å². The smallest absolute Gasteiger partial charge is 0.339 e. The van der Waals surface area contributed by atoms with Crippen molar-refractivity contribution < 1.29 is 19.4 Å². The Kier molecular flexibility index (Phi) is 5.70. The Bertz CT molecular complexity index is 1090. The molecule has 2 aromatic rings. The standard InChI is InChI=1S/C23H25N5O4/c1-14(2)12-32-18-11-16(5-6-17(18)20(29)30)26-22-25-9-7-19(27-22)28-10-8-23(13-24,21(28)31)15-3-4-15/h5-7,9,11,14-15H,3-4,8,10,12H2,1-2H3,(H,29,30)(H,25,26,27)/t23-/m1/s1. The van der Waals surface area contributed by atoms with Crippen LogP contribution >= 0.6 is 0 Å². The lowest BCUT2D eigenvalue weighted by atomic mass is 9.83. The summed E-state index contributed by atoms with van der Waals surface area (Å²) in [5.74, 6) is 0.0621. The molecule has 0 bridgehead atoms. The van der Waals surface area contributed by atoms with Gasteiger partial charge in [-0.25, -0.2) is 9.78 Å². The molecular formula is C23H25N5O4. The minimum atomic E-state index is -1.07. The number of nitrogens with one attached hydrogen (secondary N) is 1. The average Bonchev–Trinajstić information content (AvgIpc) is 3.56. The zero-order valence-corrected chi connectivity index (χ0v) is 18.0. The van der Waals surface area contributed by atoms with E-state index in [0.29, 0.717) is 31.1 Å². The number of anilines is 3. The van der Waals surface area contributed by atoms with Crippen LogP contribution in [-0.4, -0.2) is 40.1 Å². The summed E-state index contributed by atoms with van der Waals surface area (Å²) < 4.78 is 5.68. The number of carbonyl (C=O) groups is 2. The zero-order chi connectivity index (χ0) is 22.9. The fraction of sp³-hybridized carbons (Fsp3) is 0.435. The minimum absolute atomic E-state index is 0.0708. The number of ether oxygens (including phenoxy) is 1. The van der Waals surface area contributed by atoms with Crippen molar-refractivity contribution in [3.8, 4) is 11.8 Å². The van der Waals surface area contributed by atoms with E-state index in [1.54, 1.807) is 29.3 Å². The largest absolute Gasteiger partial charge is 0.492 e. The maximum atomic E-state index is 13.0. The molecule has 1 aromatic carbocycles. The van der Waals surface area contributed by atoms with Gasteiger partial charge in [-0.1, -0.05) is 13.8 Å². The van der Waals surface area contributed by atoms with Gasteiger partial charge >= 0.3 is 5.97 Å². The van der Waals surface area contributed by atoms with Crippen LogP contribution in [0.3, 0.4) is 0 Å². The minimum Gasteiger partial charge on any atom is -0.492 e. The zero-order valence-electron chi connectivity index (χ0n) is 18.0. The quantitative estimate of drug-likeness (QED) is 0.643. The van der Waals surface area contributed by atoms with Crippen molar-refractivity contribution in [3.63, 3.8) is 0 Å². The van der Waals surface area contributed by atoms with Crippen LogP contribution in [0.2, 0.25) is 0 Å². The molecule has 1 atom stereocenters. The number of carboxylic acids is 1. The first-order valence-corrected chi connectivity index (χ1v) is 10.7. The van der Waals surface area contributed by atoms with Crippen LogP contribution in [0.1, 0.15) is 43.5 Å². The molecule has 2 fully saturated rings. The van der Waals surface area contributed by atoms with Gasteiger partial charge in [-0.05, 0) is 49.3 Å². The number of nitriles is 1. The average molecular weight is 435 g/mol. The SMILES string of the molecule is CC(C)COc1cc(Nc2nccc(N3CC[C@@](C#N)(C4CC4)C3=O)n2)ccc1C(=O)O. The molecule has 9 nitrogen and oxygen atoms in total. The molecule has 0 spiro atoms. The van der Waals surface area contributed by atoms with Crippen LogP contribution in [0.5, 0.6) is 5.75 Å². The van der Waals surface area contributed by atoms with E-state index < -0.39 is 11.4 Å². The number of nitrogens with zero attached hydrogens (tertiary/aromatic N) is 4. The van der Waals surface area contributed by atoms with Crippen molar-refractivity contribution in [2.75, 3.05) is 23.4 Å². The van der Waals surface area contributed by atoms with Crippen LogP contribution in [-0.2, 0) is 4.79 Å². The Balaban J connectivity index is 1.55. The predicted molar refractivity (Wildman–Crippen MR) is 117 cm³/mol. The maximum Gasteiger partial charge on any atom is 0.339 e. The monoisotopic (exact) mass is 435 g/mol.